The van der Waals surface area contributed by atoms with Gasteiger partial charge >= 0.3 is 0 Å². The maximum atomic E-state index is 12.1. The predicted octanol–water partition coefficient (Wildman–Crippen LogP) is 4.16. The highest BCUT2D eigenvalue weighted by Crippen LogP contribution is 2.25. The van der Waals surface area contributed by atoms with Crippen molar-refractivity contribution in [1.29, 1.82) is 0 Å². The summed E-state index contributed by atoms with van der Waals surface area (Å²) in [5, 5.41) is 3.60. The van der Waals surface area contributed by atoms with Crippen molar-refractivity contribution < 1.29 is 9.59 Å². The number of nitrogens with zero attached hydrogens (tertiary/aromatic N) is 1. The zero-order chi connectivity index (χ0) is 17.0. The lowest BCUT2D eigenvalue weighted by molar-refractivity contribution is -0.116. The molecular weight excluding hydrogens is 335 g/mol. The molecule has 0 unspecified atom stereocenters. The van der Waals surface area contributed by atoms with Crippen LogP contribution < -0.4 is 10.2 Å². The Kier molecular flexibility index (Phi) is 5.64. The van der Waals surface area contributed by atoms with Crippen molar-refractivity contribution in [3.05, 3.63) is 58.1 Å². The van der Waals surface area contributed by atoms with Gasteiger partial charge < -0.3 is 10.2 Å². The molecule has 1 N–H and O–H groups in total. The Bertz CT molecular complexity index is 730. The fourth-order valence-electron chi connectivity index (χ4n) is 1.98. The smallest absolute Gasteiger partial charge is 0.228 e. The van der Waals surface area contributed by atoms with Gasteiger partial charge in [0, 0.05) is 25.3 Å². The van der Waals surface area contributed by atoms with Crippen LogP contribution in [0, 0.1) is 0 Å². The van der Waals surface area contributed by atoms with Crippen LogP contribution in [-0.4, -0.2) is 18.9 Å². The Hall–Kier alpha value is -2.04. The highest BCUT2D eigenvalue weighted by molar-refractivity contribution is 6.42. The van der Waals surface area contributed by atoms with Crippen molar-refractivity contribution >= 4 is 46.4 Å². The molecule has 0 spiro atoms. The van der Waals surface area contributed by atoms with Crippen LogP contribution >= 0.6 is 23.2 Å². The number of benzene rings is 2. The number of anilines is 2. The molecule has 0 saturated heterocycles. The van der Waals surface area contributed by atoms with Gasteiger partial charge in [0.05, 0.1) is 16.5 Å². The molecule has 0 saturated carbocycles. The third kappa shape index (κ3) is 4.71. The number of halogens is 2. The van der Waals surface area contributed by atoms with Crippen molar-refractivity contribution in [3.8, 4) is 0 Å². The van der Waals surface area contributed by atoms with E-state index >= 15 is 0 Å². The van der Waals surface area contributed by atoms with Gasteiger partial charge in [-0.25, -0.2) is 0 Å². The molecule has 0 bridgehead atoms. The molecule has 4 nitrogen and oxygen atoms in total. The summed E-state index contributed by atoms with van der Waals surface area (Å²) in [6.07, 6.45) is 0.226. The molecule has 0 heterocycles. The van der Waals surface area contributed by atoms with Gasteiger partial charge in [-0.05, 0) is 35.9 Å². The Labute approximate surface area is 145 Å². The number of carbonyl (C=O) groups excluding carboxylic acids is 2. The summed E-state index contributed by atoms with van der Waals surface area (Å²) < 4.78 is 0. The molecule has 0 aliphatic carbocycles. The molecule has 2 aromatic rings. The van der Waals surface area contributed by atoms with Crippen molar-refractivity contribution in [2.45, 2.75) is 13.3 Å². The van der Waals surface area contributed by atoms with Gasteiger partial charge in [-0.15, -0.1) is 0 Å². The average Bonchev–Trinajstić information content (AvgIpc) is 2.51. The summed E-state index contributed by atoms with van der Waals surface area (Å²) in [6.45, 7) is 1.50. The Morgan fingerprint density at radius 2 is 1.70 bits per heavy atom. The quantitative estimate of drug-likeness (QED) is 0.899. The van der Waals surface area contributed by atoms with Gasteiger partial charge in [0.1, 0.15) is 0 Å². The lowest BCUT2D eigenvalue weighted by Gasteiger charge is -2.15. The first-order valence-electron chi connectivity index (χ1n) is 6.95. The van der Waals surface area contributed by atoms with E-state index in [2.05, 4.69) is 5.32 Å². The zero-order valence-electron chi connectivity index (χ0n) is 12.8. The Morgan fingerprint density at radius 1 is 1.04 bits per heavy atom. The van der Waals surface area contributed by atoms with Crippen molar-refractivity contribution in [3.63, 3.8) is 0 Å². The third-order valence-corrected chi connectivity index (χ3v) is 4.10. The Morgan fingerprint density at radius 3 is 2.26 bits per heavy atom. The normalized spacial score (nSPS) is 10.3. The molecule has 2 amide bonds. The van der Waals surface area contributed by atoms with Crippen molar-refractivity contribution in [2.75, 3.05) is 17.3 Å². The third-order valence-electron chi connectivity index (χ3n) is 3.36. The molecule has 0 aliphatic heterocycles. The summed E-state index contributed by atoms with van der Waals surface area (Å²) in [6, 6.07) is 12.2. The lowest BCUT2D eigenvalue weighted by atomic mass is 10.1. The van der Waals surface area contributed by atoms with Gasteiger partial charge in [0.2, 0.25) is 11.8 Å². The fraction of sp³-hybridized carbons (Fsp3) is 0.176. The maximum Gasteiger partial charge on any atom is 0.228 e. The highest BCUT2D eigenvalue weighted by atomic mass is 35.5. The van der Waals surface area contributed by atoms with E-state index in [0.717, 1.165) is 11.3 Å². The van der Waals surface area contributed by atoms with Gasteiger partial charge in [0.15, 0.2) is 0 Å². The fourth-order valence-corrected chi connectivity index (χ4v) is 2.28. The largest absolute Gasteiger partial charge is 0.326 e. The van der Waals surface area contributed by atoms with E-state index in [0.29, 0.717) is 15.7 Å². The summed E-state index contributed by atoms with van der Waals surface area (Å²) in [7, 11) is 1.70. The zero-order valence-corrected chi connectivity index (χ0v) is 14.3. The summed E-state index contributed by atoms with van der Waals surface area (Å²) in [4.78, 5) is 24.9. The SMILES string of the molecule is CC(=O)N(C)c1ccc(CC(=O)Nc2ccc(Cl)c(Cl)c2)cc1. The first kappa shape index (κ1) is 17.3. The molecular formula is C17H16Cl2N2O2. The van der Waals surface area contributed by atoms with E-state index < -0.39 is 0 Å². The number of nitrogens with one attached hydrogen (secondary N) is 1. The molecule has 23 heavy (non-hydrogen) atoms. The van der Waals surface area contributed by atoms with Crippen LogP contribution in [0.4, 0.5) is 11.4 Å². The number of amides is 2. The van der Waals surface area contributed by atoms with Crippen LogP contribution in [0.3, 0.4) is 0 Å². The van der Waals surface area contributed by atoms with Gasteiger partial charge in [-0.2, -0.15) is 0 Å². The van der Waals surface area contributed by atoms with Crippen LogP contribution in [0.25, 0.3) is 0 Å². The standard InChI is InChI=1S/C17H16Cl2N2O2/c1-11(22)21(2)14-6-3-12(4-7-14)9-17(23)20-13-5-8-15(18)16(19)10-13/h3-8,10H,9H2,1-2H3,(H,20,23). The molecule has 0 aromatic heterocycles. The summed E-state index contributed by atoms with van der Waals surface area (Å²) >= 11 is 11.8. The molecule has 0 radical (unpaired) electrons. The molecule has 0 aliphatic rings. The number of carbonyl (C=O) groups is 2. The van der Waals surface area contributed by atoms with Crippen LogP contribution in [0.2, 0.25) is 10.0 Å². The highest BCUT2D eigenvalue weighted by Gasteiger charge is 2.08. The molecule has 2 rings (SSSR count). The lowest BCUT2D eigenvalue weighted by Crippen LogP contribution is -2.22. The van der Waals surface area contributed by atoms with Gasteiger partial charge in [-0.1, -0.05) is 35.3 Å². The van der Waals surface area contributed by atoms with Crippen molar-refractivity contribution in [2.24, 2.45) is 0 Å². The monoisotopic (exact) mass is 350 g/mol. The maximum absolute atomic E-state index is 12.1. The van der Waals surface area contributed by atoms with E-state index in [4.69, 9.17) is 23.2 Å². The van der Waals surface area contributed by atoms with Crippen LogP contribution in [0.15, 0.2) is 42.5 Å². The molecule has 0 atom stereocenters. The van der Waals surface area contributed by atoms with E-state index in [-0.39, 0.29) is 18.2 Å². The van der Waals surface area contributed by atoms with Crippen molar-refractivity contribution in [1.82, 2.24) is 0 Å². The second-order valence-electron chi connectivity index (χ2n) is 5.10. The molecule has 0 fully saturated rings. The Balaban J connectivity index is 2.00. The van der Waals surface area contributed by atoms with Gasteiger partial charge in [0.25, 0.3) is 0 Å². The van der Waals surface area contributed by atoms with E-state index in [1.807, 2.05) is 24.3 Å². The minimum absolute atomic E-state index is 0.0462. The minimum Gasteiger partial charge on any atom is -0.326 e. The van der Waals surface area contributed by atoms with Crippen LogP contribution in [0.1, 0.15) is 12.5 Å². The van der Waals surface area contributed by atoms with E-state index in [1.165, 1.54) is 6.92 Å². The summed E-state index contributed by atoms with van der Waals surface area (Å²) in [5.41, 5.74) is 2.23. The van der Waals surface area contributed by atoms with E-state index in [9.17, 15) is 9.59 Å². The topological polar surface area (TPSA) is 49.4 Å². The predicted molar refractivity (Wildman–Crippen MR) is 94.3 cm³/mol. The second-order valence-corrected chi connectivity index (χ2v) is 5.91. The number of rotatable bonds is 4. The van der Waals surface area contributed by atoms with Crippen LogP contribution in [-0.2, 0) is 16.0 Å². The van der Waals surface area contributed by atoms with Gasteiger partial charge in [-0.3, -0.25) is 9.59 Å². The van der Waals surface area contributed by atoms with E-state index in [1.54, 1.807) is 30.1 Å². The molecule has 6 heteroatoms. The average molecular weight is 351 g/mol. The first-order valence-corrected chi connectivity index (χ1v) is 7.70. The molecule has 2 aromatic carbocycles. The summed E-state index contributed by atoms with van der Waals surface area (Å²) in [5.74, 6) is -0.203. The number of hydrogen-bond acceptors (Lipinski definition) is 2. The minimum atomic E-state index is -0.156. The second kappa shape index (κ2) is 7.49. The molecule has 120 valence electrons. The number of hydrogen-bond donors (Lipinski definition) is 1. The first-order chi connectivity index (χ1) is 10.9. The van der Waals surface area contributed by atoms with Crippen LogP contribution in [0.5, 0.6) is 0 Å².